The van der Waals surface area contributed by atoms with Gasteiger partial charge in [-0.15, -0.1) is 0 Å². The van der Waals surface area contributed by atoms with E-state index in [-0.39, 0.29) is 22.4 Å². The van der Waals surface area contributed by atoms with Crippen LogP contribution < -0.4 is 4.90 Å². The maximum absolute atomic E-state index is 11.6. The van der Waals surface area contributed by atoms with E-state index in [2.05, 4.69) is 17.0 Å². The molecule has 0 amide bonds. The highest BCUT2D eigenvalue weighted by atomic mass is 16.6. The van der Waals surface area contributed by atoms with Crippen molar-refractivity contribution in [1.29, 1.82) is 0 Å². The van der Waals surface area contributed by atoms with Crippen LogP contribution in [0.4, 0.5) is 11.4 Å². The number of nitro benzene ring substituents is 1. The highest BCUT2D eigenvalue weighted by Crippen LogP contribution is 2.35. The Bertz CT molecular complexity index is 758. The largest absolute Gasteiger partial charge is 0.364 e. The summed E-state index contributed by atoms with van der Waals surface area (Å²) in [5.41, 5.74) is 3.28. The number of Topliss-reactive ketones (excluding diaryl/α,β-unsaturated/α-hetero) is 1. The molecular formula is C19H20N2O3. The summed E-state index contributed by atoms with van der Waals surface area (Å²) < 4.78 is 0. The van der Waals surface area contributed by atoms with Crippen molar-refractivity contribution in [2.24, 2.45) is 0 Å². The quantitative estimate of drug-likeness (QED) is 0.618. The Morgan fingerprint density at radius 2 is 2.00 bits per heavy atom. The van der Waals surface area contributed by atoms with E-state index < -0.39 is 0 Å². The molecule has 0 aromatic heterocycles. The Kier molecular flexibility index (Phi) is 4.60. The molecule has 1 aliphatic rings. The first-order valence-corrected chi connectivity index (χ1v) is 8.12. The first-order valence-electron chi connectivity index (χ1n) is 8.12. The lowest BCUT2D eigenvalue weighted by Crippen LogP contribution is -2.40. The minimum atomic E-state index is -0.358. The van der Waals surface area contributed by atoms with Crippen LogP contribution in [0.2, 0.25) is 0 Å². The molecule has 1 aliphatic heterocycles. The number of nitro groups is 1. The fourth-order valence-electron chi connectivity index (χ4n) is 3.38. The number of aryl methyl sites for hydroxylation is 1. The zero-order chi connectivity index (χ0) is 17.1. The van der Waals surface area contributed by atoms with E-state index >= 15 is 0 Å². The number of fused-ring (bicyclic) bond motifs is 1. The molecule has 124 valence electrons. The molecule has 0 fully saturated rings. The van der Waals surface area contributed by atoms with Crippen molar-refractivity contribution in [1.82, 2.24) is 0 Å². The minimum Gasteiger partial charge on any atom is -0.364 e. The van der Waals surface area contributed by atoms with Gasteiger partial charge in [-0.3, -0.25) is 14.9 Å². The van der Waals surface area contributed by atoms with Crippen LogP contribution in [0.1, 0.15) is 30.9 Å². The highest BCUT2D eigenvalue weighted by molar-refractivity contribution is 5.77. The maximum atomic E-state index is 11.6. The smallest absolute Gasteiger partial charge is 0.269 e. The second kappa shape index (κ2) is 6.83. The third kappa shape index (κ3) is 3.45. The summed E-state index contributed by atoms with van der Waals surface area (Å²) in [6, 6.07) is 15.3. The number of benzene rings is 2. The number of hydrogen-bond acceptors (Lipinski definition) is 4. The third-order valence-corrected chi connectivity index (χ3v) is 4.49. The number of non-ortho nitro benzene ring substituents is 1. The summed E-state index contributed by atoms with van der Waals surface area (Å²) in [5, 5.41) is 11.0. The van der Waals surface area contributed by atoms with Gasteiger partial charge in [0.15, 0.2) is 0 Å². The molecule has 5 heteroatoms. The van der Waals surface area contributed by atoms with Crippen LogP contribution in [0.5, 0.6) is 0 Å². The highest BCUT2D eigenvalue weighted by Gasteiger charge is 2.28. The van der Waals surface area contributed by atoms with Gasteiger partial charge in [-0.1, -0.05) is 30.3 Å². The van der Waals surface area contributed by atoms with Gasteiger partial charge in [-0.2, -0.15) is 0 Å². The molecule has 0 spiro atoms. The molecule has 0 N–H and O–H groups in total. The van der Waals surface area contributed by atoms with Crippen molar-refractivity contribution in [3.05, 3.63) is 69.8 Å². The maximum Gasteiger partial charge on any atom is 0.269 e. The van der Waals surface area contributed by atoms with E-state index in [1.165, 1.54) is 0 Å². The van der Waals surface area contributed by atoms with Crippen LogP contribution in [-0.2, 0) is 17.8 Å². The van der Waals surface area contributed by atoms with Crippen LogP contribution in [0.15, 0.2) is 48.5 Å². The van der Waals surface area contributed by atoms with Crippen molar-refractivity contribution in [2.45, 2.75) is 38.8 Å². The summed E-state index contributed by atoms with van der Waals surface area (Å²) in [6.45, 7) is 2.32. The Balaban J connectivity index is 1.96. The van der Waals surface area contributed by atoms with Gasteiger partial charge in [0.05, 0.1) is 4.92 Å². The van der Waals surface area contributed by atoms with Crippen molar-refractivity contribution >= 4 is 17.2 Å². The molecule has 3 rings (SSSR count). The van der Waals surface area contributed by atoms with E-state index in [1.54, 1.807) is 19.1 Å². The third-order valence-electron chi connectivity index (χ3n) is 4.49. The zero-order valence-electron chi connectivity index (χ0n) is 13.6. The molecule has 0 aliphatic carbocycles. The van der Waals surface area contributed by atoms with E-state index in [0.29, 0.717) is 13.0 Å². The predicted octanol–water partition coefficient (Wildman–Crippen LogP) is 3.90. The number of carbonyl (C=O) groups excluding carboxylic acids is 1. The van der Waals surface area contributed by atoms with Crippen LogP contribution in [0.25, 0.3) is 0 Å². The summed E-state index contributed by atoms with van der Waals surface area (Å²) in [4.78, 5) is 24.5. The molecule has 0 saturated carbocycles. The molecule has 2 aromatic carbocycles. The van der Waals surface area contributed by atoms with Gasteiger partial charge < -0.3 is 4.90 Å². The zero-order valence-corrected chi connectivity index (χ0v) is 13.6. The van der Waals surface area contributed by atoms with Crippen molar-refractivity contribution in [3.8, 4) is 0 Å². The molecule has 0 bridgehead atoms. The lowest BCUT2D eigenvalue weighted by atomic mass is 9.92. The molecular weight excluding hydrogens is 304 g/mol. The fourth-order valence-corrected chi connectivity index (χ4v) is 3.38. The molecule has 2 aromatic rings. The minimum absolute atomic E-state index is 0.124. The summed E-state index contributed by atoms with van der Waals surface area (Å²) >= 11 is 0. The van der Waals surface area contributed by atoms with Crippen molar-refractivity contribution in [3.63, 3.8) is 0 Å². The molecule has 0 radical (unpaired) electrons. The number of nitrogens with zero attached hydrogens (tertiary/aromatic N) is 2. The molecule has 5 nitrogen and oxygen atoms in total. The predicted molar refractivity (Wildman–Crippen MR) is 93.1 cm³/mol. The topological polar surface area (TPSA) is 63.4 Å². The number of anilines is 1. The summed E-state index contributed by atoms with van der Waals surface area (Å²) in [6.07, 6.45) is 2.10. The first kappa shape index (κ1) is 16.2. The molecule has 1 atom stereocenters. The van der Waals surface area contributed by atoms with E-state index in [4.69, 9.17) is 0 Å². The molecule has 0 unspecified atom stereocenters. The first-order chi connectivity index (χ1) is 11.5. The van der Waals surface area contributed by atoms with Crippen molar-refractivity contribution < 1.29 is 9.72 Å². The van der Waals surface area contributed by atoms with Gasteiger partial charge in [-0.25, -0.2) is 0 Å². The fraction of sp³-hybridized carbons (Fsp3) is 0.316. The second-order valence-corrected chi connectivity index (χ2v) is 6.28. The van der Waals surface area contributed by atoms with Crippen LogP contribution >= 0.6 is 0 Å². The standard InChI is InChI=1S/C19H20N2O3/c1-14(22)11-17-8-7-16-12-18(21(23)24)9-10-19(16)20(17)13-15-5-3-2-4-6-15/h2-6,9-10,12,17H,7-8,11,13H2,1H3/t17-/m0/s1. The van der Waals surface area contributed by atoms with E-state index in [0.717, 1.165) is 29.7 Å². The van der Waals surface area contributed by atoms with E-state index in [9.17, 15) is 14.9 Å². The lowest BCUT2D eigenvalue weighted by Gasteiger charge is -2.38. The number of carbonyl (C=O) groups is 1. The monoisotopic (exact) mass is 324 g/mol. The van der Waals surface area contributed by atoms with Gasteiger partial charge in [-0.05, 0) is 37.0 Å². The van der Waals surface area contributed by atoms with Crippen LogP contribution in [0, 0.1) is 10.1 Å². The summed E-state index contributed by atoms with van der Waals surface area (Å²) in [5.74, 6) is 0.170. The van der Waals surface area contributed by atoms with Crippen molar-refractivity contribution in [2.75, 3.05) is 4.90 Å². The SMILES string of the molecule is CC(=O)C[C@@H]1CCc2cc([N+](=O)[O-])ccc2N1Cc1ccccc1. The molecule has 1 heterocycles. The number of ketones is 1. The number of hydrogen-bond donors (Lipinski definition) is 0. The number of rotatable bonds is 5. The van der Waals surface area contributed by atoms with Gasteiger partial charge >= 0.3 is 0 Å². The Morgan fingerprint density at radius 1 is 1.25 bits per heavy atom. The van der Waals surface area contributed by atoms with Gasteiger partial charge in [0.25, 0.3) is 5.69 Å². The normalized spacial score (nSPS) is 16.5. The Morgan fingerprint density at radius 3 is 2.67 bits per heavy atom. The average molecular weight is 324 g/mol. The van der Waals surface area contributed by atoms with Crippen LogP contribution in [0.3, 0.4) is 0 Å². The van der Waals surface area contributed by atoms with Gasteiger partial charge in [0, 0.05) is 36.8 Å². The van der Waals surface area contributed by atoms with E-state index in [1.807, 2.05) is 24.3 Å². The van der Waals surface area contributed by atoms with Gasteiger partial charge in [0.1, 0.15) is 5.78 Å². The molecule has 24 heavy (non-hydrogen) atoms. The van der Waals surface area contributed by atoms with Crippen LogP contribution in [-0.4, -0.2) is 16.7 Å². The average Bonchev–Trinajstić information content (AvgIpc) is 2.57. The Labute approximate surface area is 141 Å². The van der Waals surface area contributed by atoms with Gasteiger partial charge in [0.2, 0.25) is 0 Å². The lowest BCUT2D eigenvalue weighted by molar-refractivity contribution is -0.384. The Hall–Kier alpha value is -2.69. The second-order valence-electron chi connectivity index (χ2n) is 6.28. The molecule has 0 saturated heterocycles. The summed E-state index contributed by atoms with van der Waals surface area (Å²) in [7, 11) is 0.